The summed E-state index contributed by atoms with van der Waals surface area (Å²) in [6, 6.07) is 10.3. The second kappa shape index (κ2) is 8.51. The molecule has 1 aliphatic rings. The topological polar surface area (TPSA) is 64.3 Å². The molecule has 1 aromatic carbocycles. The third-order valence-electron chi connectivity index (χ3n) is 4.36. The van der Waals surface area contributed by atoms with Crippen LogP contribution in [-0.4, -0.2) is 19.1 Å². The molecule has 4 nitrogen and oxygen atoms in total. The van der Waals surface area contributed by atoms with Gasteiger partial charge in [-0.15, -0.1) is 23.7 Å². The second-order valence-corrected chi connectivity index (χ2v) is 7.01. The Morgan fingerprint density at radius 1 is 1.29 bits per heavy atom. The van der Waals surface area contributed by atoms with Gasteiger partial charge in [0.2, 0.25) is 5.91 Å². The van der Waals surface area contributed by atoms with Crippen molar-refractivity contribution in [3.8, 4) is 16.9 Å². The van der Waals surface area contributed by atoms with E-state index < -0.39 is 0 Å². The normalized spacial score (nSPS) is 19.6. The van der Waals surface area contributed by atoms with Gasteiger partial charge in [0.15, 0.2) is 0 Å². The van der Waals surface area contributed by atoms with Gasteiger partial charge in [0, 0.05) is 16.8 Å². The molecule has 24 heavy (non-hydrogen) atoms. The first-order valence-corrected chi connectivity index (χ1v) is 8.79. The van der Waals surface area contributed by atoms with Crippen molar-refractivity contribution in [1.29, 1.82) is 0 Å². The van der Waals surface area contributed by atoms with Gasteiger partial charge in [-0.3, -0.25) is 4.79 Å². The molecule has 0 bridgehead atoms. The van der Waals surface area contributed by atoms with E-state index in [2.05, 4.69) is 16.8 Å². The van der Waals surface area contributed by atoms with E-state index in [-0.39, 0.29) is 30.3 Å². The highest BCUT2D eigenvalue weighted by atomic mass is 35.5. The third kappa shape index (κ3) is 4.50. The van der Waals surface area contributed by atoms with E-state index in [1.807, 2.05) is 24.3 Å². The fraction of sp³-hybridized carbons (Fsp3) is 0.389. The molecular formula is C18H23ClN2O2S. The largest absolute Gasteiger partial charge is 0.497 e. The molecule has 1 aliphatic carbocycles. The van der Waals surface area contributed by atoms with E-state index in [0.717, 1.165) is 35.5 Å². The van der Waals surface area contributed by atoms with Crippen molar-refractivity contribution in [2.24, 2.45) is 11.7 Å². The Bertz CT molecular complexity index is 672. The van der Waals surface area contributed by atoms with Gasteiger partial charge in [0.05, 0.1) is 13.7 Å². The van der Waals surface area contributed by atoms with E-state index >= 15 is 0 Å². The molecule has 130 valence electrons. The van der Waals surface area contributed by atoms with Crippen molar-refractivity contribution in [3.63, 3.8) is 0 Å². The summed E-state index contributed by atoms with van der Waals surface area (Å²) in [5, 5.41) is 5.16. The molecule has 2 aromatic rings. The summed E-state index contributed by atoms with van der Waals surface area (Å²) in [6.07, 6.45) is 2.68. The molecular weight excluding hydrogens is 344 g/mol. The van der Waals surface area contributed by atoms with Gasteiger partial charge in [-0.05, 0) is 54.0 Å². The van der Waals surface area contributed by atoms with Crippen LogP contribution in [0.25, 0.3) is 11.1 Å². The SMILES string of the molecule is COc1ccc(-c2csc(CNC(=O)C3CCC(N)C3)c2)cc1.Cl. The maximum absolute atomic E-state index is 12.1. The number of nitrogens with two attached hydrogens (primary N) is 1. The number of carbonyl (C=O) groups is 1. The van der Waals surface area contributed by atoms with Crippen LogP contribution in [0.1, 0.15) is 24.1 Å². The van der Waals surface area contributed by atoms with Crippen LogP contribution >= 0.6 is 23.7 Å². The van der Waals surface area contributed by atoms with E-state index in [0.29, 0.717) is 6.54 Å². The Morgan fingerprint density at radius 3 is 2.67 bits per heavy atom. The first kappa shape index (κ1) is 18.8. The maximum Gasteiger partial charge on any atom is 0.223 e. The van der Waals surface area contributed by atoms with Gasteiger partial charge in [-0.1, -0.05) is 12.1 Å². The number of methoxy groups -OCH3 is 1. The lowest BCUT2D eigenvalue weighted by Crippen LogP contribution is -2.29. The lowest BCUT2D eigenvalue weighted by molar-refractivity contribution is -0.124. The number of amides is 1. The molecule has 3 N–H and O–H groups in total. The van der Waals surface area contributed by atoms with Crippen molar-refractivity contribution in [1.82, 2.24) is 5.32 Å². The fourth-order valence-electron chi connectivity index (χ4n) is 2.98. The molecule has 1 heterocycles. The summed E-state index contributed by atoms with van der Waals surface area (Å²) in [6.45, 7) is 0.589. The molecule has 0 radical (unpaired) electrons. The predicted octanol–water partition coefficient (Wildman–Crippen LogP) is 3.59. The summed E-state index contributed by atoms with van der Waals surface area (Å²) in [7, 11) is 1.66. The number of hydrogen-bond acceptors (Lipinski definition) is 4. The molecule has 3 rings (SSSR count). The fourth-order valence-corrected chi connectivity index (χ4v) is 3.81. The van der Waals surface area contributed by atoms with E-state index in [4.69, 9.17) is 10.5 Å². The van der Waals surface area contributed by atoms with Crippen LogP contribution in [-0.2, 0) is 11.3 Å². The van der Waals surface area contributed by atoms with Gasteiger partial charge >= 0.3 is 0 Å². The Balaban J connectivity index is 0.00000208. The van der Waals surface area contributed by atoms with E-state index in [9.17, 15) is 4.79 Å². The van der Waals surface area contributed by atoms with Crippen molar-refractivity contribution in [3.05, 3.63) is 40.6 Å². The Morgan fingerprint density at radius 2 is 2.04 bits per heavy atom. The number of hydrogen-bond donors (Lipinski definition) is 2. The third-order valence-corrected chi connectivity index (χ3v) is 5.29. The van der Waals surface area contributed by atoms with Crippen molar-refractivity contribution >= 4 is 29.7 Å². The highest BCUT2D eigenvalue weighted by molar-refractivity contribution is 7.10. The number of rotatable bonds is 5. The van der Waals surface area contributed by atoms with Crippen molar-refractivity contribution < 1.29 is 9.53 Å². The minimum atomic E-state index is 0. The number of ether oxygens (including phenoxy) is 1. The van der Waals surface area contributed by atoms with Gasteiger partial charge in [0.1, 0.15) is 5.75 Å². The lowest BCUT2D eigenvalue weighted by atomic mass is 10.1. The van der Waals surface area contributed by atoms with E-state index in [1.54, 1.807) is 18.4 Å². The molecule has 2 atom stereocenters. The molecule has 1 saturated carbocycles. The number of thiophene rings is 1. The minimum absolute atomic E-state index is 0. The standard InChI is InChI=1S/C18H22N2O2S.ClH/c1-22-16-6-3-12(4-7-16)14-9-17(23-11-14)10-20-18(21)13-2-5-15(19)8-13;/h3-4,6-7,9,11,13,15H,2,5,8,10,19H2,1H3,(H,20,21);1H. The molecule has 0 aliphatic heterocycles. The quantitative estimate of drug-likeness (QED) is 0.849. The molecule has 1 aromatic heterocycles. The zero-order valence-corrected chi connectivity index (χ0v) is 15.3. The molecule has 1 fully saturated rings. The molecule has 0 spiro atoms. The monoisotopic (exact) mass is 366 g/mol. The Hall–Kier alpha value is -1.56. The Kier molecular flexibility index (Phi) is 6.66. The van der Waals surface area contributed by atoms with Crippen LogP contribution < -0.4 is 15.8 Å². The van der Waals surface area contributed by atoms with Crippen LogP contribution in [0.5, 0.6) is 5.75 Å². The summed E-state index contributed by atoms with van der Waals surface area (Å²) in [5.74, 6) is 1.08. The van der Waals surface area contributed by atoms with Gasteiger partial charge in [0.25, 0.3) is 0 Å². The lowest BCUT2D eigenvalue weighted by Gasteiger charge is -2.09. The van der Waals surface area contributed by atoms with Crippen LogP contribution in [0.15, 0.2) is 35.7 Å². The predicted molar refractivity (Wildman–Crippen MR) is 101 cm³/mol. The van der Waals surface area contributed by atoms with Crippen molar-refractivity contribution in [2.75, 3.05) is 7.11 Å². The van der Waals surface area contributed by atoms with Crippen LogP contribution in [0, 0.1) is 5.92 Å². The zero-order chi connectivity index (χ0) is 16.2. The van der Waals surface area contributed by atoms with Gasteiger partial charge < -0.3 is 15.8 Å². The number of carbonyl (C=O) groups excluding carboxylic acids is 1. The first-order chi connectivity index (χ1) is 11.2. The molecule has 2 unspecified atom stereocenters. The van der Waals surface area contributed by atoms with Crippen LogP contribution in [0.3, 0.4) is 0 Å². The average molecular weight is 367 g/mol. The van der Waals surface area contributed by atoms with Gasteiger partial charge in [-0.2, -0.15) is 0 Å². The average Bonchev–Trinajstić information content (AvgIpc) is 3.22. The number of nitrogens with one attached hydrogen (secondary N) is 1. The smallest absolute Gasteiger partial charge is 0.223 e. The maximum atomic E-state index is 12.1. The molecule has 1 amide bonds. The summed E-state index contributed by atoms with van der Waals surface area (Å²) < 4.78 is 5.18. The van der Waals surface area contributed by atoms with Gasteiger partial charge in [-0.25, -0.2) is 0 Å². The van der Waals surface area contributed by atoms with Crippen molar-refractivity contribution in [2.45, 2.75) is 31.8 Å². The number of benzene rings is 1. The highest BCUT2D eigenvalue weighted by Crippen LogP contribution is 2.28. The zero-order valence-electron chi connectivity index (χ0n) is 13.7. The second-order valence-electron chi connectivity index (χ2n) is 6.02. The molecule has 0 saturated heterocycles. The van der Waals surface area contributed by atoms with E-state index in [1.165, 1.54) is 5.56 Å². The minimum Gasteiger partial charge on any atom is -0.497 e. The highest BCUT2D eigenvalue weighted by Gasteiger charge is 2.27. The summed E-state index contributed by atoms with van der Waals surface area (Å²) in [4.78, 5) is 13.3. The Labute approximate surface area is 152 Å². The summed E-state index contributed by atoms with van der Waals surface area (Å²) in [5.41, 5.74) is 8.20. The first-order valence-electron chi connectivity index (χ1n) is 7.91. The van der Waals surface area contributed by atoms with Crippen LogP contribution in [0.2, 0.25) is 0 Å². The number of halogens is 1. The molecule has 6 heteroatoms. The van der Waals surface area contributed by atoms with Crippen LogP contribution in [0.4, 0.5) is 0 Å². The summed E-state index contributed by atoms with van der Waals surface area (Å²) >= 11 is 1.67.